The van der Waals surface area contributed by atoms with Crippen LogP contribution in [-0.4, -0.2) is 18.9 Å². The minimum Gasteiger partial charge on any atom is -0.305 e. The molecule has 18 heavy (non-hydrogen) atoms. The van der Waals surface area contributed by atoms with E-state index in [4.69, 9.17) is 0 Å². The molecule has 1 aromatic rings. The highest BCUT2D eigenvalue weighted by Crippen LogP contribution is 2.21. The first-order chi connectivity index (χ1) is 8.10. The third kappa shape index (κ3) is 2.61. The molecule has 0 aliphatic heterocycles. The van der Waals surface area contributed by atoms with Crippen molar-refractivity contribution in [3.63, 3.8) is 0 Å². The maximum atomic E-state index is 11.8. The van der Waals surface area contributed by atoms with Gasteiger partial charge in [0.05, 0.1) is 0 Å². The molecule has 0 bridgehead atoms. The molecule has 2 nitrogen and oxygen atoms in total. The van der Waals surface area contributed by atoms with Gasteiger partial charge in [0, 0.05) is 0 Å². The summed E-state index contributed by atoms with van der Waals surface area (Å²) in [5.41, 5.74) is 1.30. The molecule has 0 fully saturated rings. The fourth-order valence-electron chi connectivity index (χ4n) is 1.96. The first-order valence-electron chi connectivity index (χ1n) is 6.23. The van der Waals surface area contributed by atoms with E-state index in [-0.39, 0.29) is 16.2 Å². The van der Waals surface area contributed by atoms with Crippen LogP contribution in [0.25, 0.3) is 0 Å². The molecule has 0 aliphatic rings. The average molecular weight is 262 g/mol. The van der Waals surface area contributed by atoms with E-state index in [1.807, 2.05) is 30.8 Å². The van der Waals surface area contributed by atoms with Crippen LogP contribution in [0, 0.1) is 0 Å². The predicted octanol–water partition coefficient (Wildman–Crippen LogP) is 2.53. The molecule has 0 N–H and O–H groups in total. The second-order valence-electron chi connectivity index (χ2n) is 6.06. The fourth-order valence-corrected chi connectivity index (χ4v) is 4.10. The molecule has 1 aromatic carbocycles. The van der Waals surface area contributed by atoms with Gasteiger partial charge >= 0.3 is 0 Å². The van der Waals surface area contributed by atoms with E-state index in [0.29, 0.717) is 0 Å². The molecule has 0 spiro atoms. The van der Waals surface area contributed by atoms with Crippen LogP contribution < -0.4 is 5.19 Å². The van der Waals surface area contributed by atoms with Gasteiger partial charge in [-0.15, -0.1) is 0 Å². The molecular formula is C15H22O2Si. The maximum Gasteiger partial charge on any atom is 0.233 e. The summed E-state index contributed by atoms with van der Waals surface area (Å²) in [4.78, 5) is 23.7. The van der Waals surface area contributed by atoms with Gasteiger partial charge in [0.2, 0.25) is 8.07 Å². The lowest BCUT2D eigenvalue weighted by Gasteiger charge is -2.24. The maximum absolute atomic E-state index is 11.8. The van der Waals surface area contributed by atoms with Gasteiger partial charge < -0.3 is 9.59 Å². The third-order valence-electron chi connectivity index (χ3n) is 3.74. The summed E-state index contributed by atoms with van der Waals surface area (Å²) in [6, 6.07) is 7.98. The minimum absolute atomic E-state index is 0.0264. The lowest BCUT2D eigenvalue weighted by atomic mass is 9.87. The van der Waals surface area contributed by atoms with Crippen molar-refractivity contribution in [1.82, 2.24) is 0 Å². The van der Waals surface area contributed by atoms with Gasteiger partial charge in [-0.1, -0.05) is 51.6 Å². The summed E-state index contributed by atoms with van der Waals surface area (Å²) < 4.78 is 0. The molecule has 0 aliphatic carbocycles. The zero-order valence-electron chi connectivity index (χ0n) is 12.1. The highest BCUT2D eigenvalue weighted by Gasteiger charge is 2.40. The average Bonchev–Trinajstić information content (AvgIpc) is 2.26. The van der Waals surface area contributed by atoms with Crippen LogP contribution in [-0.2, 0) is 15.0 Å². The molecule has 0 radical (unpaired) electrons. The zero-order valence-corrected chi connectivity index (χ0v) is 13.1. The fraction of sp³-hybridized carbons (Fsp3) is 0.467. The summed E-state index contributed by atoms with van der Waals surface area (Å²) in [6.45, 7) is 11.3. The van der Waals surface area contributed by atoms with Gasteiger partial charge in [-0.05, 0) is 30.0 Å². The summed E-state index contributed by atoms with van der Waals surface area (Å²) in [5, 5.41) is 0.965. The number of hydrogen-bond acceptors (Lipinski definition) is 2. The van der Waals surface area contributed by atoms with E-state index in [1.165, 1.54) is 19.4 Å². The van der Waals surface area contributed by atoms with E-state index in [1.54, 1.807) is 0 Å². The molecule has 0 aromatic heterocycles. The van der Waals surface area contributed by atoms with Crippen molar-refractivity contribution < 1.29 is 9.59 Å². The largest absolute Gasteiger partial charge is 0.305 e. The minimum atomic E-state index is -2.64. The Hall–Kier alpha value is -1.22. The topological polar surface area (TPSA) is 34.1 Å². The first-order valence-corrected chi connectivity index (χ1v) is 8.73. The van der Waals surface area contributed by atoms with Crippen molar-refractivity contribution in [3.8, 4) is 0 Å². The SMILES string of the molecule is CC(=O)[Si](C)(C(C)=O)c1ccc(C(C)(C)C)cc1. The molecule has 0 saturated carbocycles. The van der Waals surface area contributed by atoms with Crippen LogP contribution in [0.2, 0.25) is 6.55 Å². The van der Waals surface area contributed by atoms with Crippen LogP contribution >= 0.6 is 0 Å². The second kappa shape index (κ2) is 4.80. The van der Waals surface area contributed by atoms with E-state index in [2.05, 4.69) is 20.8 Å². The molecule has 0 amide bonds. The van der Waals surface area contributed by atoms with Gasteiger partial charge in [0.25, 0.3) is 0 Å². The molecule has 0 heterocycles. The van der Waals surface area contributed by atoms with Crippen molar-refractivity contribution >= 4 is 24.1 Å². The van der Waals surface area contributed by atoms with Crippen molar-refractivity contribution in [1.29, 1.82) is 0 Å². The molecule has 0 atom stereocenters. The highest BCUT2D eigenvalue weighted by atomic mass is 28.3. The van der Waals surface area contributed by atoms with Crippen LogP contribution in [0.4, 0.5) is 0 Å². The van der Waals surface area contributed by atoms with Crippen molar-refractivity contribution in [3.05, 3.63) is 29.8 Å². The quantitative estimate of drug-likeness (QED) is 0.784. The Labute approximate surface area is 110 Å². The Bertz CT molecular complexity index is 452. The van der Waals surface area contributed by atoms with Gasteiger partial charge in [0.15, 0.2) is 0 Å². The predicted molar refractivity (Wildman–Crippen MR) is 77.8 cm³/mol. The van der Waals surface area contributed by atoms with Crippen LogP contribution in [0.3, 0.4) is 0 Å². The van der Waals surface area contributed by atoms with Gasteiger partial charge in [-0.2, -0.15) is 0 Å². The van der Waals surface area contributed by atoms with Crippen LogP contribution in [0.1, 0.15) is 40.2 Å². The number of hydrogen-bond donors (Lipinski definition) is 0. The summed E-state index contributed by atoms with van der Waals surface area (Å²) in [7, 11) is -2.64. The molecular weight excluding hydrogens is 240 g/mol. The molecule has 3 heteroatoms. The van der Waals surface area contributed by atoms with Crippen LogP contribution in [0.15, 0.2) is 24.3 Å². The smallest absolute Gasteiger partial charge is 0.233 e. The van der Waals surface area contributed by atoms with Gasteiger partial charge in [-0.3, -0.25) is 0 Å². The Kier molecular flexibility index (Phi) is 3.96. The normalized spacial score (nSPS) is 12.3. The van der Waals surface area contributed by atoms with E-state index >= 15 is 0 Å². The lowest BCUT2D eigenvalue weighted by Crippen LogP contribution is -2.57. The van der Waals surface area contributed by atoms with Crippen molar-refractivity contribution in [2.45, 2.75) is 46.6 Å². The Balaban J connectivity index is 3.26. The molecule has 0 unspecified atom stereocenters. The van der Waals surface area contributed by atoms with E-state index in [9.17, 15) is 9.59 Å². The van der Waals surface area contributed by atoms with E-state index < -0.39 is 8.07 Å². The Morgan fingerprint density at radius 2 is 1.33 bits per heavy atom. The highest BCUT2D eigenvalue weighted by molar-refractivity contribution is 7.31. The monoisotopic (exact) mass is 262 g/mol. The first kappa shape index (κ1) is 14.8. The molecule has 0 saturated heterocycles. The van der Waals surface area contributed by atoms with Gasteiger partial charge in [0.1, 0.15) is 10.8 Å². The summed E-state index contributed by atoms with van der Waals surface area (Å²) >= 11 is 0. The molecule has 1 rings (SSSR count). The third-order valence-corrected chi connectivity index (χ3v) is 8.04. The van der Waals surface area contributed by atoms with Crippen molar-refractivity contribution in [2.24, 2.45) is 0 Å². The zero-order chi connectivity index (χ0) is 14.1. The standard InChI is InChI=1S/C15H22O2Si/c1-11(16)18(6,12(2)17)14-9-7-13(8-10-14)15(3,4)5/h7-10H,1-6H3. The lowest BCUT2D eigenvalue weighted by molar-refractivity contribution is -0.114. The number of rotatable bonds is 3. The Morgan fingerprint density at radius 3 is 1.61 bits per heavy atom. The summed E-state index contributed by atoms with van der Waals surface area (Å²) in [6.07, 6.45) is 0. The number of benzene rings is 1. The number of carbonyl (C=O) groups excluding carboxylic acids is 2. The van der Waals surface area contributed by atoms with Crippen molar-refractivity contribution in [2.75, 3.05) is 0 Å². The van der Waals surface area contributed by atoms with Gasteiger partial charge in [-0.25, -0.2) is 0 Å². The van der Waals surface area contributed by atoms with Crippen LogP contribution in [0.5, 0.6) is 0 Å². The summed E-state index contributed by atoms with van der Waals surface area (Å²) in [5.74, 6) is 0. The second-order valence-corrected chi connectivity index (χ2v) is 10.3. The number of carbonyl (C=O) groups is 2. The molecule has 98 valence electrons. The van der Waals surface area contributed by atoms with E-state index in [0.717, 1.165) is 5.19 Å². The Morgan fingerprint density at radius 1 is 0.944 bits per heavy atom.